The Morgan fingerprint density at radius 3 is 2.31 bits per heavy atom. The highest BCUT2D eigenvalue weighted by atomic mass is 32.2. The van der Waals surface area contributed by atoms with Crippen LogP contribution in [0.1, 0.15) is 38.3 Å². The summed E-state index contributed by atoms with van der Waals surface area (Å²) < 4.78 is 0. The normalized spacial score (nSPS) is 11.1. The summed E-state index contributed by atoms with van der Waals surface area (Å²) in [6.45, 7) is 9.65. The number of aromatic nitrogens is 3. The number of rotatable bonds is 4. The van der Waals surface area contributed by atoms with Crippen LogP contribution in [0.2, 0.25) is 0 Å². The summed E-state index contributed by atoms with van der Waals surface area (Å²) in [5.74, 6) is 0.241. The van der Waals surface area contributed by atoms with Gasteiger partial charge in [0, 0.05) is 11.3 Å². The van der Waals surface area contributed by atoms with E-state index < -0.39 is 0 Å². The zero-order valence-electron chi connectivity index (χ0n) is 15.6. The third kappa shape index (κ3) is 3.55. The fraction of sp³-hybridized carbons (Fsp3) is 0.300. The minimum absolute atomic E-state index is 0.0288. The van der Waals surface area contributed by atoms with Crippen molar-refractivity contribution in [1.82, 2.24) is 15.0 Å². The van der Waals surface area contributed by atoms with E-state index in [1.54, 1.807) is 0 Å². The van der Waals surface area contributed by atoms with E-state index in [0.29, 0.717) is 16.2 Å². The Labute approximate surface area is 156 Å². The van der Waals surface area contributed by atoms with Gasteiger partial charge in [-0.2, -0.15) is 0 Å². The summed E-state index contributed by atoms with van der Waals surface area (Å²) >= 11 is 1.23. The van der Waals surface area contributed by atoms with E-state index in [4.69, 9.17) is 0 Å². The van der Waals surface area contributed by atoms with Gasteiger partial charge in [0.15, 0.2) is 16.6 Å². The third-order valence-electron chi connectivity index (χ3n) is 4.28. The molecule has 0 aliphatic heterocycles. The molecule has 0 saturated carbocycles. The number of H-pyrrole nitrogens is 1. The first-order valence-corrected chi connectivity index (χ1v) is 9.37. The van der Waals surface area contributed by atoms with Crippen LogP contribution in [0.4, 0.5) is 0 Å². The largest absolute Gasteiger partial charge is 0.301 e. The molecule has 5 nitrogen and oxygen atoms in total. The number of nitrogens with one attached hydrogen (secondary N) is 1. The first kappa shape index (κ1) is 18.3. The van der Waals surface area contributed by atoms with Crippen LogP contribution in [-0.2, 0) is 0 Å². The number of carbonyl (C=O) groups is 1. The summed E-state index contributed by atoms with van der Waals surface area (Å²) in [5.41, 5.74) is 5.69. The Morgan fingerprint density at radius 2 is 1.65 bits per heavy atom. The lowest BCUT2D eigenvalue weighted by molar-refractivity contribution is 0.102. The van der Waals surface area contributed by atoms with Crippen LogP contribution in [0.15, 0.2) is 28.2 Å². The van der Waals surface area contributed by atoms with Gasteiger partial charge in [-0.25, -0.2) is 9.97 Å². The van der Waals surface area contributed by atoms with Gasteiger partial charge in [0.2, 0.25) is 0 Å². The quantitative estimate of drug-likeness (QED) is 0.431. The van der Waals surface area contributed by atoms with Crippen molar-refractivity contribution in [3.63, 3.8) is 0 Å². The van der Waals surface area contributed by atoms with E-state index in [2.05, 4.69) is 15.0 Å². The number of benzene rings is 1. The number of aromatic amines is 1. The van der Waals surface area contributed by atoms with Crippen LogP contribution in [0, 0.1) is 34.6 Å². The molecule has 0 fully saturated rings. The van der Waals surface area contributed by atoms with Crippen LogP contribution in [0.25, 0.3) is 11.0 Å². The number of fused-ring (bicyclic) bond motifs is 1. The first-order chi connectivity index (χ1) is 12.3. The highest BCUT2D eigenvalue weighted by Gasteiger charge is 2.15. The Kier molecular flexibility index (Phi) is 4.96. The fourth-order valence-corrected chi connectivity index (χ4v) is 4.08. The zero-order valence-corrected chi connectivity index (χ0v) is 16.4. The number of thioether (sulfide) groups is 1. The Bertz CT molecular complexity index is 1060. The van der Waals surface area contributed by atoms with Gasteiger partial charge >= 0.3 is 0 Å². The molecule has 0 radical (unpaired) electrons. The Balaban J connectivity index is 1.89. The molecule has 2 aromatic heterocycles. The maximum absolute atomic E-state index is 12.7. The van der Waals surface area contributed by atoms with Crippen LogP contribution in [-0.4, -0.2) is 26.5 Å². The Hall–Kier alpha value is -2.47. The van der Waals surface area contributed by atoms with Gasteiger partial charge in [-0.3, -0.25) is 9.59 Å². The lowest BCUT2D eigenvalue weighted by Crippen LogP contribution is -2.13. The zero-order chi connectivity index (χ0) is 19.0. The second-order valence-electron chi connectivity index (χ2n) is 6.64. The number of pyridine rings is 1. The lowest BCUT2D eigenvalue weighted by atomic mass is 9.97. The maximum atomic E-state index is 12.7. The number of Topliss-reactive ketones (excluding diaryl/α,β-unsaturated/α-hetero) is 1. The molecule has 134 valence electrons. The van der Waals surface area contributed by atoms with Crippen molar-refractivity contribution in [2.45, 2.75) is 39.8 Å². The second kappa shape index (κ2) is 7.03. The molecule has 0 atom stereocenters. The molecule has 1 aromatic carbocycles. The average Bonchev–Trinajstić information content (AvgIpc) is 2.50. The number of ketones is 1. The molecule has 0 amide bonds. The third-order valence-corrected chi connectivity index (χ3v) is 5.15. The Morgan fingerprint density at radius 1 is 1.00 bits per heavy atom. The molecule has 26 heavy (non-hydrogen) atoms. The molecule has 3 aromatic rings. The highest BCUT2D eigenvalue weighted by Crippen LogP contribution is 2.21. The molecule has 0 saturated heterocycles. The molecule has 1 N–H and O–H groups in total. The minimum atomic E-state index is -0.224. The van der Waals surface area contributed by atoms with Gasteiger partial charge in [0.05, 0.1) is 11.1 Å². The van der Waals surface area contributed by atoms with Crippen LogP contribution in [0.3, 0.4) is 0 Å². The van der Waals surface area contributed by atoms with Crippen LogP contribution < -0.4 is 5.56 Å². The average molecular weight is 367 g/mol. The van der Waals surface area contributed by atoms with Crippen LogP contribution in [0.5, 0.6) is 0 Å². The lowest BCUT2D eigenvalue weighted by Gasteiger charge is -2.10. The summed E-state index contributed by atoms with van der Waals surface area (Å²) in [7, 11) is 0. The molecular formula is C20H21N3O2S. The molecular weight excluding hydrogens is 346 g/mol. The first-order valence-electron chi connectivity index (χ1n) is 8.38. The fourth-order valence-electron chi connectivity index (χ4n) is 3.36. The predicted octanol–water partition coefficient (Wildman–Crippen LogP) is 3.84. The van der Waals surface area contributed by atoms with Gasteiger partial charge in [-0.1, -0.05) is 29.5 Å². The number of carbonyl (C=O) groups excluding carboxylic acids is 1. The second-order valence-corrected chi connectivity index (χ2v) is 7.60. The van der Waals surface area contributed by atoms with Crippen molar-refractivity contribution in [1.29, 1.82) is 0 Å². The number of hydrogen-bond acceptors (Lipinski definition) is 5. The van der Waals surface area contributed by atoms with Gasteiger partial charge in [0.25, 0.3) is 5.56 Å². The van der Waals surface area contributed by atoms with Gasteiger partial charge in [-0.15, -0.1) is 0 Å². The van der Waals surface area contributed by atoms with Gasteiger partial charge in [-0.05, 0) is 57.4 Å². The molecule has 6 heteroatoms. The van der Waals surface area contributed by atoms with Gasteiger partial charge in [0.1, 0.15) is 0 Å². The van der Waals surface area contributed by atoms with E-state index in [9.17, 15) is 9.59 Å². The van der Waals surface area contributed by atoms with Crippen molar-refractivity contribution in [2.75, 3.05) is 5.75 Å². The topological polar surface area (TPSA) is 75.7 Å². The summed E-state index contributed by atoms with van der Waals surface area (Å²) in [5, 5.41) is 0.910. The summed E-state index contributed by atoms with van der Waals surface area (Å²) in [6.07, 6.45) is 0. The number of nitrogens with zero attached hydrogens (tertiary/aromatic N) is 2. The standard InChI is InChI=1S/C20H21N3O2S/c1-10-6-11(2)16(12(3)7-10)15(24)9-26-20-22-18-17(19(25)23-20)13(4)8-14(5)21-18/h6-8H,9H2,1-5H3,(H,21,22,23,25). The molecule has 3 rings (SSSR count). The van der Waals surface area contributed by atoms with Crippen molar-refractivity contribution in [3.8, 4) is 0 Å². The van der Waals surface area contributed by atoms with E-state index in [0.717, 1.165) is 33.5 Å². The minimum Gasteiger partial charge on any atom is -0.301 e. The molecule has 2 heterocycles. The number of aryl methyl sites for hydroxylation is 5. The van der Waals surface area contributed by atoms with E-state index in [1.165, 1.54) is 11.8 Å². The smallest absolute Gasteiger partial charge is 0.261 e. The van der Waals surface area contributed by atoms with E-state index >= 15 is 0 Å². The van der Waals surface area contributed by atoms with Crippen molar-refractivity contribution in [2.24, 2.45) is 0 Å². The number of hydrogen-bond donors (Lipinski definition) is 1. The highest BCUT2D eigenvalue weighted by molar-refractivity contribution is 7.99. The maximum Gasteiger partial charge on any atom is 0.261 e. The predicted molar refractivity (Wildman–Crippen MR) is 105 cm³/mol. The summed E-state index contributed by atoms with van der Waals surface area (Å²) in [4.78, 5) is 36.6. The van der Waals surface area contributed by atoms with E-state index in [-0.39, 0.29) is 17.1 Å². The molecule has 0 aliphatic rings. The van der Waals surface area contributed by atoms with Crippen molar-refractivity contribution in [3.05, 3.63) is 62.1 Å². The SMILES string of the molecule is Cc1cc(C)c(C(=O)CSc2nc3nc(C)cc(C)c3c(=O)[nH]2)c(C)c1. The molecule has 0 bridgehead atoms. The van der Waals surface area contributed by atoms with Crippen molar-refractivity contribution >= 4 is 28.6 Å². The van der Waals surface area contributed by atoms with Crippen LogP contribution >= 0.6 is 11.8 Å². The molecule has 0 unspecified atom stereocenters. The monoisotopic (exact) mass is 367 g/mol. The van der Waals surface area contributed by atoms with Gasteiger partial charge < -0.3 is 4.98 Å². The van der Waals surface area contributed by atoms with Crippen molar-refractivity contribution < 1.29 is 4.79 Å². The molecule has 0 spiro atoms. The summed E-state index contributed by atoms with van der Waals surface area (Å²) in [6, 6.07) is 5.88. The van der Waals surface area contributed by atoms with E-state index in [1.807, 2.05) is 52.8 Å². The molecule has 0 aliphatic carbocycles.